The molecule has 0 saturated carbocycles. The number of nitrogens with one attached hydrogen (secondary N) is 1. The second-order valence-electron chi connectivity index (χ2n) is 3.39. The zero-order chi connectivity index (χ0) is 7.45. The summed E-state index contributed by atoms with van der Waals surface area (Å²) in [5.74, 6) is 0. The SMILES string of the molecule is [CH2]CC[N+]1(C)CCNCC1. The molecule has 1 rings (SSSR count). The van der Waals surface area contributed by atoms with Crippen LogP contribution in [0.2, 0.25) is 0 Å². The molecular formula is C8H18N2+. The predicted molar refractivity (Wildman–Crippen MR) is 43.6 cm³/mol. The molecular weight excluding hydrogens is 124 g/mol. The molecule has 0 spiro atoms. The lowest BCUT2D eigenvalue weighted by Crippen LogP contribution is -2.56. The van der Waals surface area contributed by atoms with E-state index in [1.54, 1.807) is 0 Å². The van der Waals surface area contributed by atoms with E-state index >= 15 is 0 Å². The molecule has 0 aromatic rings. The number of rotatable bonds is 2. The van der Waals surface area contributed by atoms with Crippen molar-refractivity contribution in [1.29, 1.82) is 0 Å². The summed E-state index contributed by atoms with van der Waals surface area (Å²) in [6, 6.07) is 0. The Morgan fingerprint density at radius 2 is 2.00 bits per heavy atom. The molecule has 1 fully saturated rings. The standard InChI is InChI=1S/C8H18N2/c1-3-6-10(2)7-4-9-5-8-10/h9H,1,3-8H2,2H3/q+1. The highest BCUT2D eigenvalue weighted by Crippen LogP contribution is 2.04. The van der Waals surface area contributed by atoms with Gasteiger partial charge in [-0.1, -0.05) is 0 Å². The van der Waals surface area contributed by atoms with Crippen LogP contribution >= 0.6 is 0 Å². The summed E-state index contributed by atoms with van der Waals surface area (Å²) in [7, 11) is 2.33. The fraction of sp³-hybridized carbons (Fsp3) is 0.875. The Labute approximate surface area is 63.8 Å². The predicted octanol–water partition coefficient (Wildman–Crippen LogP) is 0.260. The monoisotopic (exact) mass is 142 g/mol. The van der Waals surface area contributed by atoms with Gasteiger partial charge < -0.3 is 9.80 Å². The van der Waals surface area contributed by atoms with E-state index in [9.17, 15) is 0 Å². The minimum Gasteiger partial charge on any atom is -0.324 e. The number of piperazine rings is 1. The summed E-state index contributed by atoms with van der Waals surface area (Å²) >= 11 is 0. The Bertz CT molecular complexity index is 89.9. The van der Waals surface area contributed by atoms with Crippen molar-refractivity contribution in [3.8, 4) is 0 Å². The highest BCUT2D eigenvalue weighted by molar-refractivity contribution is 4.55. The first-order valence-corrected chi connectivity index (χ1v) is 4.10. The molecule has 0 bridgehead atoms. The number of nitrogens with zero attached hydrogens (tertiary/aromatic N) is 1. The van der Waals surface area contributed by atoms with Crippen LogP contribution < -0.4 is 5.32 Å². The van der Waals surface area contributed by atoms with Crippen LogP contribution in [-0.4, -0.2) is 44.3 Å². The maximum Gasteiger partial charge on any atom is 0.0911 e. The zero-order valence-corrected chi connectivity index (χ0v) is 6.90. The van der Waals surface area contributed by atoms with Crippen LogP contribution in [0.5, 0.6) is 0 Å². The minimum atomic E-state index is 1.07. The Morgan fingerprint density at radius 1 is 1.40 bits per heavy atom. The van der Waals surface area contributed by atoms with Gasteiger partial charge in [-0.3, -0.25) is 0 Å². The van der Waals surface area contributed by atoms with E-state index in [1.165, 1.54) is 37.2 Å². The van der Waals surface area contributed by atoms with Crippen LogP contribution in [0, 0.1) is 6.92 Å². The van der Waals surface area contributed by atoms with Gasteiger partial charge in [-0.2, -0.15) is 0 Å². The highest BCUT2D eigenvalue weighted by Gasteiger charge is 2.22. The van der Waals surface area contributed by atoms with E-state index < -0.39 is 0 Å². The number of hydrogen-bond donors (Lipinski definition) is 1. The molecule has 1 radical (unpaired) electrons. The van der Waals surface area contributed by atoms with Crippen molar-refractivity contribution in [3.05, 3.63) is 6.92 Å². The van der Waals surface area contributed by atoms with Crippen molar-refractivity contribution in [1.82, 2.24) is 5.32 Å². The smallest absolute Gasteiger partial charge is 0.0911 e. The highest BCUT2D eigenvalue weighted by atomic mass is 15.4. The molecule has 59 valence electrons. The van der Waals surface area contributed by atoms with Gasteiger partial charge in [0, 0.05) is 13.1 Å². The van der Waals surface area contributed by atoms with Gasteiger partial charge in [0.1, 0.15) is 0 Å². The summed E-state index contributed by atoms with van der Waals surface area (Å²) < 4.78 is 1.22. The summed E-state index contributed by atoms with van der Waals surface area (Å²) in [6.45, 7) is 10.0. The molecule has 10 heavy (non-hydrogen) atoms. The molecule has 0 aromatic carbocycles. The van der Waals surface area contributed by atoms with Crippen molar-refractivity contribution in [3.63, 3.8) is 0 Å². The third kappa shape index (κ3) is 1.96. The van der Waals surface area contributed by atoms with Crippen LogP contribution in [0.1, 0.15) is 6.42 Å². The second kappa shape index (κ2) is 3.35. The minimum absolute atomic E-state index is 1.07. The molecule has 1 aliphatic rings. The van der Waals surface area contributed by atoms with Gasteiger partial charge in [-0.25, -0.2) is 0 Å². The molecule has 2 heteroatoms. The fourth-order valence-corrected chi connectivity index (χ4v) is 1.54. The first kappa shape index (κ1) is 8.02. The lowest BCUT2D eigenvalue weighted by molar-refractivity contribution is -0.910. The molecule has 0 aromatic heterocycles. The Balaban J connectivity index is 2.32. The summed E-state index contributed by atoms with van der Waals surface area (Å²) in [6.07, 6.45) is 1.07. The van der Waals surface area contributed by atoms with E-state index in [1.807, 2.05) is 0 Å². The molecule has 0 unspecified atom stereocenters. The Hall–Kier alpha value is -0.0800. The van der Waals surface area contributed by atoms with Crippen molar-refractivity contribution in [2.75, 3.05) is 39.8 Å². The van der Waals surface area contributed by atoms with Crippen LogP contribution in [0.15, 0.2) is 0 Å². The molecule has 1 N–H and O–H groups in total. The summed E-state index contributed by atoms with van der Waals surface area (Å²) in [4.78, 5) is 0. The van der Waals surface area contributed by atoms with Gasteiger partial charge in [-0.15, -0.1) is 0 Å². The third-order valence-corrected chi connectivity index (χ3v) is 2.35. The van der Waals surface area contributed by atoms with Crippen LogP contribution in [0.25, 0.3) is 0 Å². The topological polar surface area (TPSA) is 12.0 Å². The fourth-order valence-electron chi connectivity index (χ4n) is 1.54. The lowest BCUT2D eigenvalue weighted by Gasteiger charge is -2.37. The maximum atomic E-state index is 3.89. The molecule has 0 amide bonds. The number of likely N-dealkylation sites (N-methyl/N-ethyl adjacent to an activating group) is 1. The lowest BCUT2D eigenvalue weighted by atomic mass is 10.3. The number of hydrogen-bond acceptors (Lipinski definition) is 1. The average Bonchev–Trinajstić information content (AvgIpc) is 1.89. The van der Waals surface area contributed by atoms with E-state index in [0.717, 1.165) is 6.42 Å². The van der Waals surface area contributed by atoms with E-state index in [0.29, 0.717) is 0 Å². The molecule has 0 atom stereocenters. The van der Waals surface area contributed by atoms with Gasteiger partial charge in [0.2, 0.25) is 0 Å². The molecule has 1 aliphatic heterocycles. The van der Waals surface area contributed by atoms with Crippen molar-refractivity contribution in [2.24, 2.45) is 0 Å². The summed E-state index contributed by atoms with van der Waals surface area (Å²) in [5.41, 5.74) is 0. The van der Waals surface area contributed by atoms with Crippen molar-refractivity contribution >= 4 is 0 Å². The number of quaternary nitrogens is 1. The Kier molecular flexibility index (Phi) is 2.69. The maximum absolute atomic E-state index is 3.89. The van der Waals surface area contributed by atoms with Gasteiger partial charge >= 0.3 is 0 Å². The first-order valence-electron chi connectivity index (χ1n) is 4.10. The quantitative estimate of drug-likeness (QED) is 0.545. The summed E-state index contributed by atoms with van der Waals surface area (Å²) in [5, 5.41) is 3.36. The molecule has 1 heterocycles. The van der Waals surface area contributed by atoms with Crippen molar-refractivity contribution in [2.45, 2.75) is 6.42 Å². The van der Waals surface area contributed by atoms with Crippen LogP contribution in [0.4, 0.5) is 0 Å². The van der Waals surface area contributed by atoms with Gasteiger partial charge in [0.05, 0.1) is 26.7 Å². The van der Waals surface area contributed by atoms with Crippen molar-refractivity contribution < 1.29 is 4.48 Å². The molecule has 0 aliphatic carbocycles. The van der Waals surface area contributed by atoms with Gasteiger partial charge in [0.15, 0.2) is 0 Å². The second-order valence-corrected chi connectivity index (χ2v) is 3.39. The van der Waals surface area contributed by atoms with Gasteiger partial charge in [-0.05, 0) is 13.3 Å². The molecule has 2 nitrogen and oxygen atoms in total. The third-order valence-electron chi connectivity index (χ3n) is 2.35. The zero-order valence-electron chi connectivity index (χ0n) is 6.90. The van der Waals surface area contributed by atoms with Crippen LogP contribution in [0.3, 0.4) is 0 Å². The first-order chi connectivity index (χ1) is 4.77. The normalized spacial score (nSPS) is 24.6. The van der Waals surface area contributed by atoms with Gasteiger partial charge in [0.25, 0.3) is 0 Å². The largest absolute Gasteiger partial charge is 0.324 e. The Morgan fingerprint density at radius 3 is 2.50 bits per heavy atom. The van der Waals surface area contributed by atoms with E-state index in [2.05, 4.69) is 19.3 Å². The van der Waals surface area contributed by atoms with E-state index in [4.69, 9.17) is 0 Å². The molecule has 1 saturated heterocycles. The van der Waals surface area contributed by atoms with Crippen LogP contribution in [-0.2, 0) is 0 Å². The van der Waals surface area contributed by atoms with E-state index in [-0.39, 0.29) is 0 Å². The average molecular weight is 142 g/mol.